The molecule has 0 aliphatic heterocycles. The summed E-state index contributed by atoms with van der Waals surface area (Å²) >= 11 is 4.01. The zero-order valence-electron chi connectivity index (χ0n) is 12.4. The summed E-state index contributed by atoms with van der Waals surface area (Å²) in [5.41, 5.74) is -0.247. The van der Waals surface area contributed by atoms with E-state index in [-0.39, 0.29) is 11.5 Å². The molecule has 0 aromatic rings. The maximum atomic E-state index is 12.1. The Morgan fingerprint density at radius 2 is 1.90 bits per heavy atom. The highest BCUT2D eigenvalue weighted by Gasteiger charge is 2.34. The van der Waals surface area contributed by atoms with Gasteiger partial charge in [-0.15, -0.1) is 13.2 Å². The first-order valence-corrected chi connectivity index (χ1v) is 7.16. The van der Waals surface area contributed by atoms with Crippen molar-refractivity contribution >= 4 is 18.4 Å². The van der Waals surface area contributed by atoms with Crippen LogP contribution < -0.4 is 0 Å². The third-order valence-corrected chi connectivity index (χ3v) is 2.68. The lowest BCUT2D eigenvalue weighted by atomic mass is 9.92. The van der Waals surface area contributed by atoms with Crippen molar-refractivity contribution in [3.8, 4) is 0 Å². The van der Waals surface area contributed by atoms with Gasteiger partial charge in [0.1, 0.15) is 5.76 Å². The molecule has 0 rings (SSSR count). The molecule has 0 saturated heterocycles. The molecule has 0 bridgehead atoms. The maximum Gasteiger partial charge on any atom is 0.573 e. The number of ketones is 1. The SMILES string of the molecule is C=C(C(=O)C(CC)CCS)/C(=C\C)OC(F)(F)F.CC. The minimum absolute atomic E-state index is 0.247. The summed E-state index contributed by atoms with van der Waals surface area (Å²) in [5, 5.41) is 0. The molecule has 1 atom stereocenters. The van der Waals surface area contributed by atoms with E-state index in [0.717, 1.165) is 6.08 Å². The number of hydrogen-bond acceptors (Lipinski definition) is 3. The van der Waals surface area contributed by atoms with Crippen molar-refractivity contribution in [2.75, 3.05) is 5.75 Å². The van der Waals surface area contributed by atoms with Gasteiger partial charge in [-0.25, -0.2) is 0 Å². The van der Waals surface area contributed by atoms with Crippen molar-refractivity contribution in [3.63, 3.8) is 0 Å². The minimum atomic E-state index is -4.82. The van der Waals surface area contributed by atoms with Gasteiger partial charge in [0, 0.05) is 5.92 Å². The van der Waals surface area contributed by atoms with Crippen LogP contribution in [0.25, 0.3) is 0 Å². The van der Waals surface area contributed by atoms with Crippen molar-refractivity contribution in [2.45, 2.75) is 46.9 Å². The van der Waals surface area contributed by atoms with Crippen molar-refractivity contribution in [2.24, 2.45) is 5.92 Å². The highest BCUT2D eigenvalue weighted by Crippen LogP contribution is 2.27. The Morgan fingerprint density at radius 1 is 1.40 bits per heavy atom. The van der Waals surface area contributed by atoms with Crippen LogP contribution in [-0.2, 0) is 9.53 Å². The van der Waals surface area contributed by atoms with Crippen LogP contribution in [0.15, 0.2) is 24.0 Å². The summed E-state index contributed by atoms with van der Waals surface area (Å²) in [6.07, 6.45) is -2.71. The number of hydrogen-bond donors (Lipinski definition) is 1. The summed E-state index contributed by atoms with van der Waals surface area (Å²) in [4.78, 5) is 11.9. The normalized spacial score (nSPS) is 13.1. The topological polar surface area (TPSA) is 26.3 Å². The molecule has 0 radical (unpaired) electrons. The number of carbonyl (C=O) groups is 1. The first kappa shape index (κ1) is 21.4. The number of carbonyl (C=O) groups excluding carboxylic acids is 1. The molecule has 0 aliphatic carbocycles. The zero-order valence-corrected chi connectivity index (χ0v) is 13.3. The lowest BCUT2D eigenvalue weighted by Gasteiger charge is -2.17. The Kier molecular flexibility index (Phi) is 11.6. The molecule has 6 heteroatoms. The predicted molar refractivity (Wildman–Crippen MR) is 78.6 cm³/mol. The number of alkyl halides is 3. The summed E-state index contributed by atoms with van der Waals surface area (Å²) in [6, 6.07) is 0. The second kappa shape index (κ2) is 10.8. The Hall–Kier alpha value is -0.910. The minimum Gasteiger partial charge on any atom is -0.405 e. The summed E-state index contributed by atoms with van der Waals surface area (Å²) in [5.74, 6) is -0.848. The second-order valence-electron chi connectivity index (χ2n) is 3.66. The lowest BCUT2D eigenvalue weighted by Crippen LogP contribution is -2.21. The molecule has 0 aliphatic rings. The standard InChI is InChI=1S/C12H17F3O2S.C2H6/c1-4-9(6-7-18)11(16)8(3)10(5-2)17-12(13,14)15;1-2/h5,9,18H,3-4,6-7H2,1-2H3;1-2H3/b10-5+;. The van der Waals surface area contributed by atoms with Crippen molar-refractivity contribution in [3.05, 3.63) is 24.0 Å². The van der Waals surface area contributed by atoms with Gasteiger partial charge in [0.25, 0.3) is 0 Å². The van der Waals surface area contributed by atoms with Crippen LogP contribution in [0.3, 0.4) is 0 Å². The van der Waals surface area contributed by atoms with Crippen molar-refractivity contribution < 1.29 is 22.7 Å². The highest BCUT2D eigenvalue weighted by molar-refractivity contribution is 7.80. The molecule has 0 heterocycles. The smallest absolute Gasteiger partial charge is 0.405 e. The van der Waals surface area contributed by atoms with Gasteiger partial charge in [0.2, 0.25) is 0 Å². The van der Waals surface area contributed by atoms with Gasteiger partial charge in [-0.3, -0.25) is 4.79 Å². The summed E-state index contributed by atoms with van der Waals surface area (Å²) < 4.78 is 40.1. The monoisotopic (exact) mass is 312 g/mol. The fourth-order valence-electron chi connectivity index (χ4n) is 1.46. The molecule has 0 N–H and O–H groups in total. The quantitative estimate of drug-likeness (QED) is 0.312. The van der Waals surface area contributed by atoms with E-state index in [1.165, 1.54) is 6.92 Å². The van der Waals surface area contributed by atoms with E-state index in [0.29, 0.717) is 18.6 Å². The van der Waals surface area contributed by atoms with E-state index in [9.17, 15) is 18.0 Å². The largest absolute Gasteiger partial charge is 0.573 e. The second-order valence-corrected chi connectivity index (χ2v) is 4.11. The van der Waals surface area contributed by atoms with E-state index in [2.05, 4.69) is 23.9 Å². The van der Waals surface area contributed by atoms with Gasteiger partial charge in [-0.05, 0) is 31.6 Å². The number of thiol groups is 1. The molecule has 1 unspecified atom stereocenters. The average molecular weight is 312 g/mol. The molecule has 2 nitrogen and oxygen atoms in total. The molecular weight excluding hydrogens is 289 g/mol. The van der Waals surface area contributed by atoms with Gasteiger partial charge in [0.15, 0.2) is 5.78 Å². The van der Waals surface area contributed by atoms with Crippen molar-refractivity contribution in [1.82, 2.24) is 0 Å². The van der Waals surface area contributed by atoms with Crippen molar-refractivity contribution in [1.29, 1.82) is 0 Å². The van der Waals surface area contributed by atoms with E-state index in [1.54, 1.807) is 6.92 Å². The number of halogens is 3. The van der Waals surface area contributed by atoms with Crippen LogP contribution in [0.5, 0.6) is 0 Å². The molecule has 118 valence electrons. The highest BCUT2D eigenvalue weighted by atomic mass is 32.1. The van der Waals surface area contributed by atoms with Gasteiger partial charge in [-0.1, -0.05) is 27.4 Å². The first-order valence-electron chi connectivity index (χ1n) is 6.53. The summed E-state index contributed by atoms with van der Waals surface area (Å²) in [6.45, 7) is 10.5. The van der Waals surface area contributed by atoms with Crippen LogP contribution in [-0.4, -0.2) is 17.9 Å². The van der Waals surface area contributed by atoms with Gasteiger partial charge in [-0.2, -0.15) is 12.6 Å². The first-order chi connectivity index (χ1) is 9.26. The molecule has 0 fully saturated rings. The Morgan fingerprint density at radius 3 is 2.20 bits per heavy atom. The third-order valence-electron chi connectivity index (χ3n) is 2.42. The fraction of sp³-hybridized carbons (Fsp3) is 0.643. The number of Topliss-reactive ketones (excluding diaryl/α,β-unsaturated/α-hetero) is 1. The Labute approximate surface area is 124 Å². The van der Waals surface area contributed by atoms with Gasteiger partial charge in [0.05, 0.1) is 5.57 Å². The number of rotatable bonds is 7. The predicted octanol–water partition coefficient (Wildman–Crippen LogP) is 4.92. The molecule has 0 amide bonds. The zero-order chi connectivity index (χ0) is 16.3. The molecule has 0 spiro atoms. The van der Waals surface area contributed by atoms with Crippen LogP contribution >= 0.6 is 12.6 Å². The number of allylic oxidation sites excluding steroid dienone is 2. The molecular formula is C14H23F3O2S. The van der Waals surface area contributed by atoms with Gasteiger partial charge < -0.3 is 4.74 Å². The van der Waals surface area contributed by atoms with E-state index < -0.39 is 17.9 Å². The van der Waals surface area contributed by atoms with Gasteiger partial charge >= 0.3 is 6.36 Å². The average Bonchev–Trinajstić information content (AvgIpc) is 2.41. The summed E-state index contributed by atoms with van der Waals surface area (Å²) in [7, 11) is 0. The maximum absolute atomic E-state index is 12.1. The Bertz CT molecular complexity index is 336. The Balaban J connectivity index is 0. The molecule has 0 aromatic carbocycles. The number of ether oxygens (including phenoxy) is 1. The van der Waals surface area contributed by atoms with Crippen LogP contribution in [0.2, 0.25) is 0 Å². The molecule has 0 aromatic heterocycles. The van der Waals surface area contributed by atoms with Crippen LogP contribution in [0.1, 0.15) is 40.5 Å². The molecule has 20 heavy (non-hydrogen) atoms. The van der Waals surface area contributed by atoms with E-state index >= 15 is 0 Å². The lowest BCUT2D eigenvalue weighted by molar-refractivity contribution is -0.303. The van der Waals surface area contributed by atoms with E-state index in [4.69, 9.17) is 0 Å². The molecule has 0 saturated carbocycles. The third kappa shape index (κ3) is 8.30. The van der Waals surface area contributed by atoms with Crippen LogP contribution in [0, 0.1) is 5.92 Å². The fourth-order valence-corrected chi connectivity index (χ4v) is 1.78. The van der Waals surface area contributed by atoms with E-state index in [1.807, 2.05) is 13.8 Å². The van der Waals surface area contributed by atoms with Crippen LogP contribution in [0.4, 0.5) is 13.2 Å².